The van der Waals surface area contributed by atoms with Crippen molar-refractivity contribution in [3.63, 3.8) is 0 Å². The van der Waals surface area contributed by atoms with E-state index in [1.807, 2.05) is 49.4 Å². The Hall–Kier alpha value is -3.07. The van der Waals surface area contributed by atoms with Gasteiger partial charge in [0.25, 0.3) is 5.91 Å². The molecule has 0 saturated heterocycles. The Morgan fingerprint density at radius 3 is 2.57 bits per heavy atom. The zero-order valence-corrected chi connectivity index (χ0v) is 18.5. The molecule has 3 aromatic carbocycles. The van der Waals surface area contributed by atoms with Gasteiger partial charge in [0.1, 0.15) is 12.4 Å². The van der Waals surface area contributed by atoms with Gasteiger partial charge in [-0.25, -0.2) is 5.43 Å². The fraction of sp³-hybridized carbons (Fsp3) is 0.130. The minimum absolute atomic E-state index is 0.0988. The Morgan fingerprint density at radius 1 is 1.10 bits per heavy atom. The number of phenols is 1. The van der Waals surface area contributed by atoms with Crippen LogP contribution < -0.4 is 14.9 Å². The van der Waals surface area contributed by atoms with Crippen LogP contribution in [0.4, 0.5) is 0 Å². The van der Waals surface area contributed by atoms with Crippen molar-refractivity contribution in [3.8, 4) is 17.2 Å². The molecule has 0 saturated carbocycles. The smallest absolute Gasteiger partial charge is 0.275 e. The first-order valence-electron chi connectivity index (χ1n) is 9.33. The summed E-state index contributed by atoms with van der Waals surface area (Å²) in [6.45, 7) is 2.82. The first-order chi connectivity index (χ1) is 14.6. The van der Waals surface area contributed by atoms with Crippen molar-refractivity contribution in [2.75, 3.05) is 6.61 Å². The second-order valence-corrected chi connectivity index (χ2v) is 7.42. The van der Waals surface area contributed by atoms with E-state index < -0.39 is 5.91 Å². The lowest BCUT2D eigenvalue weighted by Gasteiger charge is -2.14. The van der Waals surface area contributed by atoms with E-state index in [2.05, 4.69) is 33.1 Å². The molecular formula is C23H21IN2O4. The maximum absolute atomic E-state index is 12.1. The average Bonchev–Trinajstić information content (AvgIpc) is 2.74. The molecule has 0 aliphatic carbocycles. The number of carbonyl (C=O) groups excluding carboxylic acids is 1. The van der Waals surface area contributed by atoms with Gasteiger partial charge >= 0.3 is 0 Å². The molecule has 0 aromatic heterocycles. The van der Waals surface area contributed by atoms with Gasteiger partial charge in [0, 0.05) is 0 Å². The van der Waals surface area contributed by atoms with E-state index in [0.29, 0.717) is 24.7 Å². The van der Waals surface area contributed by atoms with E-state index in [4.69, 9.17) is 9.47 Å². The third-order valence-electron chi connectivity index (χ3n) is 4.09. The van der Waals surface area contributed by atoms with Crippen molar-refractivity contribution in [1.82, 2.24) is 5.43 Å². The zero-order chi connectivity index (χ0) is 21.3. The summed E-state index contributed by atoms with van der Waals surface area (Å²) in [4.78, 5) is 12.1. The molecule has 1 amide bonds. The number of phenolic OH excluding ortho intramolecular Hbond substituents is 1. The lowest BCUT2D eigenvalue weighted by molar-refractivity contribution is 0.0952. The summed E-state index contributed by atoms with van der Waals surface area (Å²) in [6.07, 6.45) is 1.52. The van der Waals surface area contributed by atoms with E-state index in [0.717, 1.165) is 14.7 Å². The van der Waals surface area contributed by atoms with Crippen molar-refractivity contribution in [3.05, 3.63) is 87.0 Å². The lowest BCUT2D eigenvalue weighted by Crippen LogP contribution is -2.17. The second-order valence-electron chi connectivity index (χ2n) is 6.25. The standard InChI is InChI=1S/C23H21IN2O4/c1-2-29-21-13-17(14-25-26-23(28)18-10-6-7-11-20(18)27)12-19(24)22(21)30-15-16-8-4-3-5-9-16/h3-14,27H,2,15H2,1H3,(H,26,28)/b25-14+. The number of nitrogens with one attached hydrogen (secondary N) is 1. The number of hydrogen-bond donors (Lipinski definition) is 2. The molecule has 0 radical (unpaired) electrons. The molecule has 6 nitrogen and oxygen atoms in total. The number of hydrogen-bond acceptors (Lipinski definition) is 5. The summed E-state index contributed by atoms with van der Waals surface area (Å²) in [5.74, 6) is 0.677. The van der Waals surface area contributed by atoms with Gasteiger partial charge in [-0.2, -0.15) is 5.10 Å². The number of carbonyl (C=O) groups is 1. The van der Waals surface area contributed by atoms with Crippen LogP contribution in [0.5, 0.6) is 17.2 Å². The van der Waals surface area contributed by atoms with Gasteiger partial charge < -0.3 is 14.6 Å². The molecule has 7 heteroatoms. The van der Waals surface area contributed by atoms with Crippen LogP contribution in [0, 0.1) is 3.57 Å². The average molecular weight is 516 g/mol. The normalized spacial score (nSPS) is 10.7. The Balaban J connectivity index is 1.73. The van der Waals surface area contributed by atoms with Gasteiger partial charge in [0.15, 0.2) is 11.5 Å². The summed E-state index contributed by atoms with van der Waals surface area (Å²) in [5.41, 5.74) is 4.38. The van der Waals surface area contributed by atoms with E-state index >= 15 is 0 Å². The Labute approximate surface area is 188 Å². The van der Waals surface area contributed by atoms with Crippen molar-refractivity contribution in [2.24, 2.45) is 5.10 Å². The van der Waals surface area contributed by atoms with Crippen LogP contribution in [-0.2, 0) is 6.61 Å². The Bertz CT molecular complexity index is 1040. The molecule has 0 heterocycles. The molecule has 30 heavy (non-hydrogen) atoms. The summed E-state index contributed by atoms with van der Waals surface area (Å²) >= 11 is 2.19. The first kappa shape index (κ1) is 21.6. The SMILES string of the molecule is CCOc1cc(/C=N/NC(=O)c2ccccc2O)cc(I)c1OCc1ccccc1. The lowest BCUT2D eigenvalue weighted by atomic mass is 10.2. The number of benzene rings is 3. The molecule has 0 bridgehead atoms. The molecule has 0 aliphatic heterocycles. The highest BCUT2D eigenvalue weighted by Crippen LogP contribution is 2.34. The molecule has 0 aliphatic rings. The molecule has 3 aromatic rings. The number of ether oxygens (including phenoxy) is 2. The second kappa shape index (κ2) is 10.6. The molecule has 3 rings (SSSR count). The number of rotatable bonds is 8. The highest BCUT2D eigenvalue weighted by atomic mass is 127. The quantitative estimate of drug-likeness (QED) is 0.258. The van der Waals surface area contributed by atoms with Crippen LogP contribution in [0.3, 0.4) is 0 Å². The van der Waals surface area contributed by atoms with Gasteiger partial charge in [-0.3, -0.25) is 4.79 Å². The minimum Gasteiger partial charge on any atom is -0.507 e. The van der Waals surface area contributed by atoms with Crippen molar-refractivity contribution < 1.29 is 19.4 Å². The van der Waals surface area contributed by atoms with E-state index in [1.165, 1.54) is 18.3 Å². The first-order valence-corrected chi connectivity index (χ1v) is 10.4. The molecule has 0 spiro atoms. The van der Waals surface area contributed by atoms with Crippen LogP contribution in [0.1, 0.15) is 28.4 Å². The van der Waals surface area contributed by atoms with Crippen molar-refractivity contribution in [2.45, 2.75) is 13.5 Å². The largest absolute Gasteiger partial charge is 0.507 e. The summed E-state index contributed by atoms with van der Waals surface area (Å²) in [7, 11) is 0. The number of nitrogens with zero attached hydrogens (tertiary/aromatic N) is 1. The van der Waals surface area contributed by atoms with Gasteiger partial charge in [-0.1, -0.05) is 42.5 Å². The van der Waals surface area contributed by atoms with Gasteiger partial charge in [-0.15, -0.1) is 0 Å². The number of amides is 1. The molecule has 0 unspecified atom stereocenters. The van der Waals surface area contributed by atoms with Gasteiger partial charge in [0.05, 0.1) is 22.0 Å². The third-order valence-corrected chi connectivity index (χ3v) is 4.89. The molecular weight excluding hydrogens is 495 g/mol. The minimum atomic E-state index is -0.494. The number of para-hydroxylation sites is 1. The van der Waals surface area contributed by atoms with Crippen LogP contribution >= 0.6 is 22.6 Å². The molecule has 154 valence electrons. The van der Waals surface area contributed by atoms with Gasteiger partial charge in [0.2, 0.25) is 0 Å². The molecule has 0 fully saturated rings. The highest BCUT2D eigenvalue weighted by molar-refractivity contribution is 14.1. The van der Waals surface area contributed by atoms with E-state index in [-0.39, 0.29) is 11.3 Å². The number of hydrazone groups is 1. The number of aromatic hydroxyl groups is 1. The van der Waals surface area contributed by atoms with Crippen LogP contribution in [0.25, 0.3) is 0 Å². The maximum Gasteiger partial charge on any atom is 0.275 e. The van der Waals surface area contributed by atoms with Crippen LogP contribution in [0.2, 0.25) is 0 Å². The van der Waals surface area contributed by atoms with E-state index in [9.17, 15) is 9.90 Å². The Kier molecular flexibility index (Phi) is 7.67. The highest BCUT2D eigenvalue weighted by Gasteiger charge is 2.13. The molecule has 0 atom stereocenters. The maximum atomic E-state index is 12.1. The van der Waals surface area contributed by atoms with Crippen molar-refractivity contribution >= 4 is 34.7 Å². The fourth-order valence-electron chi connectivity index (χ4n) is 2.69. The van der Waals surface area contributed by atoms with Gasteiger partial charge in [-0.05, 0) is 64.9 Å². The zero-order valence-electron chi connectivity index (χ0n) is 16.3. The topological polar surface area (TPSA) is 80.2 Å². The number of halogens is 1. The summed E-state index contributed by atoms with van der Waals surface area (Å²) < 4.78 is 12.6. The fourth-order valence-corrected chi connectivity index (χ4v) is 3.47. The third kappa shape index (κ3) is 5.73. The van der Waals surface area contributed by atoms with Crippen LogP contribution in [0.15, 0.2) is 71.8 Å². The predicted octanol–water partition coefficient (Wildman–Crippen LogP) is 4.74. The van der Waals surface area contributed by atoms with E-state index in [1.54, 1.807) is 12.1 Å². The summed E-state index contributed by atoms with van der Waals surface area (Å²) in [5, 5.41) is 13.7. The summed E-state index contributed by atoms with van der Waals surface area (Å²) in [6, 6.07) is 19.9. The molecule has 2 N–H and O–H groups in total. The van der Waals surface area contributed by atoms with Crippen LogP contribution in [-0.4, -0.2) is 23.8 Å². The van der Waals surface area contributed by atoms with Crippen molar-refractivity contribution in [1.29, 1.82) is 0 Å². The predicted molar refractivity (Wildman–Crippen MR) is 124 cm³/mol. The Morgan fingerprint density at radius 2 is 1.83 bits per heavy atom. The monoisotopic (exact) mass is 516 g/mol.